The van der Waals surface area contributed by atoms with Crippen LogP contribution in [0, 0.1) is 16.7 Å². The van der Waals surface area contributed by atoms with Gasteiger partial charge in [0.25, 0.3) is 0 Å². The normalized spacial score (nSPS) is 31.2. The molecule has 0 aromatic heterocycles. The van der Waals surface area contributed by atoms with Crippen LogP contribution in [0.1, 0.15) is 66.4 Å². The number of thioether (sulfide) groups is 1. The highest BCUT2D eigenvalue weighted by molar-refractivity contribution is 8.00. The van der Waals surface area contributed by atoms with Crippen LogP contribution in [0.25, 0.3) is 0 Å². The first-order valence-corrected chi connectivity index (χ1v) is 16.0. The third-order valence-corrected chi connectivity index (χ3v) is 13.4. The Balaban J connectivity index is 1.75. The standard InChI is InChI=1S/C28H46N2O3S2/c1-22(2)30(23(3)4)35(31,32)21-27-13-12-25(26(27,5)6)18-28(27,20-29-14-16-33-17-15-29)34-19-24-10-8-7-9-11-24/h7-11,22-23,25H,12-21H2,1-6H3/t25?,27?,28-/m0/s1. The van der Waals surface area contributed by atoms with Crippen molar-refractivity contribution in [3.8, 4) is 0 Å². The second-order valence-electron chi connectivity index (χ2n) is 12.2. The van der Waals surface area contributed by atoms with Crippen molar-refractivity contribution < 1.29 is 13.2 Å². The Labute approximate surface area is 218 Å². The van der Waals surface area contributed by atoms with Gasteiger partial charge < -0.3 is 4.74 Å². The van der Waals surface area contributed by atoms with E-state index < -0.39 is 10.0 Å². The van der Waals surface area contributed by atoms with E-state index in [2.05, 4.69) is 49.1 Å². The number of ether oxygens (including phenoxy) is 1. The first-order valence-electron chi connectivity index (χ1n) is 13.4. The van der Waals surface area contributed by atoms with E-state index in [0.29, 0.717) is 5.92 Å². The average molecular weight is 523 g/mol. The smallest absolute Gasteiger partial charge is 0.215 e. The maximum atomic E-state index is 14.2. The number of nitrogens with zero attached hydrogens (tertiary/aromatic N) is 2. The molecule has 3 aliphatic rings. The van der Waals surface area contributed by atoms with Crippen molar-refractivity contribution >= 4 is 21.8 Å². The lowest BCUT2D eigenvalue weighted by Gasteiger charge is -2.53. The fraction of sp³-hybridized carbons (Fsp3) is 0.786. The van der Waals surface area contributed by atoms with E-state index in [1.165, 1.54) is 5.56 Å². The molecule has 2 saturated carbocycles. The summed E-state index contributed by atoms with van der Waals surface area (Å²) in [7, 11) is -3.44. The van der Waals surface area contributed by atoms with Crippen molar-refractivity contribution in [2.45, 2.75) is 83.4 Å². The van der Waals surface area contributed by atoms with Crippen LogP contribution in [0.3, 0.4) is 0 Å². The van der Waals surface area contributed by atoms with Crippen LogP contribution in [0.5, 0.6) is 0 Å². The summed E-state index contributed by atoms with van der Waals surface area (Å²) in [5, 5.41) is 0. The molecule has 5 nitrogen and oxygen atoms in total. The lowest BCUT2D eigenvalue weighted by atomic mass is 9.65. The molecule has 1 heterocycles. The number of sulfonamides is 1. The molecular weight excluding hydrogens is 476 g/mol. The van der Waals surface area contributed by atoms with Crippen molar-refractivity contribution in [3.63, 3.8) is 0 Å². The molecule has 2 bridgehead atoms. The summed E-state index contributed by atoms with van der Waals surface area (Å²) in [6.45, 7) is 17.2. The molecule has 4 rings (SSSR count). The minimum atomic E-state index is -3.44. The summed E-state index contributed by atoms with van der Waals surface area (Å²) in [4.78, 5) is 2.55. The summed E-state index contributed by atoms with van der Waals surface area (Å²) in [5.41, 5.74) is 1.04. The highest BCUT2D eigenvalue weighted by atomic mass is 32.2. The Morgan fingerprint density at radius 2 is 1.71 bits per heavy atom. The molecule has 0 spiro atoms. The van der Waals surface area contributed by atoms with E-state index in [9.17, 15) is 8.42 Å². The maximum Gasteiger partial charge on any atom is 0.215 e. The van der Waals surface area contributed by atoms with Crippen molar-refractivity contribution in [3.05, 3.63) is 35.9 Å². The highest BCUT2D eigenvalue weighted by Gasteiger charge is 2.72. The minimum absolute atomic E-state index is 0.0182. The molecule has 0 amide bonds. The zero-order valence-corrected chi connectivity index (χ0v) is 24.3. The molecule has 3 atom stereocenters. The Morgan fingerprint density at radius 1 is 1.09 bits per heavy atom. The van der Waals surface area contributed by atoms with E-state index in [1.807, 2.05) is 39.5 Å². The molecule has 198 valence electrons. The number of fused-ring (bicyclic) bond motifs is 2. The molecular formula is C28H46N2O3S2. The molecule has 35 heavy (non-hydrogen) atoms. The molecule has 1 aromatic carbocycles. The van der Waals surface area contributed by atoms with Gasteiger partial charge in [-0.1, -0.05) is 44.2 Å². The van der Waals surface area contributed by atoms with Crippen LogP contribution in [0.15, 0.2) is 30.3 Å². The van der Waals surface area contributed by atoms with Gasteiger partial charge in [-0.25, -0.2) is 8.42 Å². The van der Waals surface area contributed by atoms with Crippen LogP contribution >= 0.6 is 11.8 Å². The Bertz CT molecular complexity index is 952. The number of rotatable bonds is 10. The van der Waals surface area contributed by atoms with Crippen molar-refractivity contribution in [1.29, 1.82) is 0 Å². The van der Waals surface area contributed by atoms with Crippen LogP contribution in [0.4, 0.5) is 0 Å². The van der Waals surface area contributed by atoms with Gasteiger partial charge in [-0.3, -0.25) is 4.90 Å². The van der Waals surface area contributed by atoms with Gasteiger partial charge in [-0.2, -0.15) is 4.31 Å². The molecule has 2 unspecified atom stereocenters. The van der Waals surface area contributed by atoms with Gasteiger partial charge in [0.2, 0.25) is 10.0 Å². The van der Waals surface area contributed by atoms with Crippen molar-refractivity contribution in [2.24, 2.45) is 16.7 Å². The summed E-state index contributed by atoms with van der Waals surface area (Å²) < 4.78 is 35.7. The Kier molecular flexibility index (Phi) is 8.06. The van der Waals surface area contributed by atoms with Gasteiger partial charge in [0.05, 0.1) is 19.0 Å². The van der Waals surface area contributed by atoms with E-state index in [0.717, 1.165) is 57.9 Å². The third-order valence-electron chi connectivity index (χ3n) is 9.33. The van der Waals surface area contributed by atoms with Gasteiger partial charge in [0.1, 0.15) is 0 Å². The molecule has 0 radical (unpaired) electrons. The molecule has 1 aliphatic heterocycles. The van der Waals surface area contributed by atoms with Crippen LogP contribution in [0.2, 0.25) is 0 Å². The van der Waals surface area contributed by atoms with E-state index in [-0.39, 0.29) is 33.4 Å². The minimum Gasteiger partial charge on any atom is -0.379 e. The van der Waals surface area contributed by atoms with Crippen LogP contribution in [-0.2, 0) is 20.5 Å². The third kappa shape index (κ3) is 4.97. The van der Waals surface area contributed by atoms with Gasteiger partial charge in [0.15, 0.2) is 0 Å². The lowest BCUT2D eigenvalue weighted by Crippen LogP contribution is -2.59. The quantitative estimate of drug-likeness (QED) is 0.419. The summed E-state index contributed by atoms with van der Waals surface area (Å²) in [6, 6.07) is 10.6. The first-order chi connectivity index (χ1) is 16.4. The maximum absolute atomic E-state index is 14.2. The number of hydrogen-bond donors (Lipinski definition) is 0. The fourth-order valence-electron chi connectivity index (χ4n) is 7.65. The number of hydrogen-bond acceptors (Lipinski definition) is 5. The lowest BCUT2D eigenvalue weighted by molar-refractivity contribution is 0.0183. The molecule has 7 heteroatoms. The largest absolute Gasteiger partial charge is 0.379 e. The van der Waals surface area contributed by atoms with Gasteiger partial charge >= 0.3 is 0 Å². The Morgan fingerprint density at radius 3 is 2.29 bits per heavy atom. The number of benzene rings is 1. The zero-order valence-electron chi connectivity index (χ0n) is 22.6. The molecule has 0 N–H and O–H groups in total. The second kappa shape index (κ2) is 10.3. The summed E-state index contributed by atoms with van der Waals surface area (Å²) >= 11 is 2.05. The SMILES string of the molecule is CC(C)N(C(C)C)S(=O)(=O)CC12CCC(C[C@@]1(CN1CCOCC1)SCc1ccccc1)C2(C)C. The second-order valence-corrected chi connectivity index (χ2v) is 15.4. The highest BCUT2D eigenvalue weighted by Crippen LogP contribution is 2.74. The van der Waals surface area contributed by atoms with Crippen LogP contribution in [-0.4, -0.2) is 73.1 Å². The molecule has 3 fully saturated rings. The van der Waals surface area contributed by atoms with Gasteiger partial charge in [0, 0.05) is 47.6 Å². The Hall–Kier alpha value is -0.600. The van der Waals surface area contributed by atoms with E-state index in [4.69, 9.17) is 4.74 Å². The summed E-state index contributed by atoms with van der Waals surface area (Å²) in [6.07, 6.45) is 3.25. The molecule has 1 aromatic rings. The number of morpholine rings is 1. The topological polar surface area (TPSA) is 49.9 Å². The van der Waals surface area contributed by atoms with Gasteiger partial charge in [-0.05, 0) is 63.9 Å². The van der Waals surface area contributed by atoms with Crippen molar-refractivity contribution in [2.75, 3.05) is 38.6 Å². The average Bonchev–Trinajstić information content (AvgIpc) is 3.11. The molecule has 1 saturated heterocycles. The van der Waals surface area contributed by atoms with E-state index in [1.54, 1.807) is 4.31 Å². The van der Waals surface area contributed by atoms with Crippen molar-refractivity contribution in [1.82, 2.24) is 9.21 Å². The van der Waals surface area contributed by atoms with E-state index >= 15 is 0 Å². The van der Waals surface area contributed by atoms with Crippen LogP contribution < -0.4 is 0 Å². The van der Waals surface area contributed by atoms with Gasteiger partial charge in [-0.15, -0.1) is 11.8 Å². The first kappa shape index (κ1) is 27.4. The fourth-order valence-corrected chi connectivity index (χ4v) is 12.5. The molecule has 2 aliphatic carbocycles. The predicted octanol–water partition coefficient (Wildman–Crippen LogP) is 5.27. The predicted molar refractivity (Wildman–Crippen MR) is 147 cm³/mol. The monoisotopic (exact) mass is 522 g/mol. The summed E-state index contributed by atoms with van der Waals surface area (Å²) in [5.74, 6) is 1.74. The zero-order chi connectivity index (χ0) is 25.5.